The lowest BCUT2D eigenvalue weighted by Gasteiger charge is -2.27. The molecule has 5 heteroatoms. The molecule has 0 bridgehead atoms. The van der Waals surface area contributed by atoms with Crippen LogP contribution in [0.4, 0.5) is 0 Å². The summed E-state index contributed by atoms with van der Waals surface area (Å²) in [5.74, 6) is 0.360. The third-order valence-corrected chi connectivity index (χ3v) is 5.13. The van der Waals surface area contributed by atoms with Gasteiger partial charge in [-0.15, -0.1) is 0 Å². The first-order valence-corrected chi connectivity index (χ1v) is 8.89. The molecule has 0 aliphatic rings. The predicted molar refractivity (Wildman–Crippen MR) is 98.1 cm³/mol. The van der Waals surface area contributed by atoms with Crippen molar-refractivity contribution in [1.29, 1.82) is 0 Å². The van der Waals surface area contributed by atoms with Crippen LogP contribution in [0.2, 0.25) is 5.02 Å². The van der Waals surface area contributed by atoms with E-state index in [2.05, 4.69) is 36.4 Å². The molecule has 4 nitrogen and oxygen atoms in total. The standard InChI is InChI=1S/C19H26ClN3O/c1-5-15(6-2)19(16-10-8-7-9-11-16)21-17(24)12-23-14(4)18(20)13(3)22-23/h7-11,15,19H,5-6,12H2,1-4H3,(H,21,24). The molecule has 24 heavy (non-hydrogen) atoms. The molecule has 1 N–H and O–H groups in total. The Morgan fingerprint density at radius 1 is 1.21 bits per heavy atom. The number of amides is 1. The minimum atomic E-state index is -0.0435. The second-order valence-electron chi connectivity index (χ2n) is 6.17. The maximum Gasteiger partial charge on any atom is 0.242 e. The first-order chi connectivity index (χ1) is 11.5. The molecule has 1 atom stereocenters. The second-order valence-corrected chi connectivity index (χ2v) is 6.55. The number of aromatic nitrogens is 2. The summed E-state index contributed by atoms with van der Waals surface area (Å²) in [5.41, 5.74) is 2.72. The summed E-state index contributed by atoms with van der Waals surface area (Å²) in [6, 6.07) is 10.2. The maximum absolute atomic E-state index is 12.6. The van der Waals surface area contributed by atoms with Gasteiger partial charge < -0.3 is 5.32 Å². The van der Waals surface area contributed by atoms with Gasteiger partial charge in [0.15, 0.2) is 0 Å². The third kappa shape index (κ3) is 4.18. The molecular formula is C19H26ClN3O. The van der Waals surface area contributed by atoms with E-state index in [4.69, 9.17) is 11.6 Å². The van der Waals surface area contributed by atoms with Crippen LogP contribution in [-0.2, 0) is 11.3 Å². The molecule has 1 aromatic carbocycles. The molecule has 0 spiro atoms. The van der Waals surface area contributed by atoms with Crippen LogP contribution >= 0.6 is 11.6 Å². The lowest BCUT2D eigenvalue weighted by atomic mass is 9.89. The molecule has 1 aromatic heterocycles. The van der Waals surface area contributed by atoms with Crippen molar-refractivity contribution in [3.63, 3.8) is 0 Å². The van der Waals surface area contributed by atoms with Gasteiger partial charge in [0, 0.05) is 0 Å². The Balaban J connectivity index is 2.16. The number of rotatable bonds is 7. The van der Waals surface area contributed by atoms with E-state index in [1.54, 1.807) is 4.68 Å². The number of carbonyl (C=O) groups excluding carboxylic acids is 1. The summed E-state index contributed by atoms with van der Waals surface area (Å²) in [4.78, 5) is 12.6. The van der Waals surface area contributed by atoms with Crippen LogP contribution in [0, 0.1) is 19.8 Å². The van der Waals surface area contributed by atoms with Gasteiger partial charge in [-0.25, -0.2) is 0 Å². The lowest BCUT2D eigenvalue weighted by molar-refractivity contribution is -0.123. The SMILES string of the molecule is CCC(CC)C(NC(=O)Cn1nc(C)c(Cl)c1C)c1ccccc1. The number of halogens is 1. The Morgan fingerprint density at radius 3 is 2.33 bits per heavy atom. The van der Waals surface area contributed by atoms with Gasteiger partial charge >= 0.3 is 0 Å². The zero-order valence-corrected chi connectivity index (χ0v) is 15.6. The fourth-order valence-electron chi connectivity index (χ4n) is 3.08. The monoisotopic (exact) mass is 347 g/mol. The van der Waals surface area contributed by atoms with E-state index in [1.165, 1.54) is 0 Å². The molecule has 2 aromatic rings. The topological polar surface area (TPSA) is 46.9 Å². The number of hydrogen-bond acceptors (Lipinski definition) is 2. The first-order valence-electron chi connectivity index (χ1n) is 8.51. The summed E-state index contributed by atoms with van der Waals surface area (Å²) >= 11 is 6.16. The van der Waals surface area contributed by atoms with E-state index in [0.717, 1.165) is 29.8 Å². The van der Waals surface area contributed by atoms with Crippen molar-refractivity contribution in [2.75, 3.05) is 0 Å². The zero-order valence-electron chi connectivity index (χ0n) is 14.8. The molecule has 0 radical (unpaired) electrons. The highest BCUT2D eigenvalue weighted by Gasteiger charge is 2.23. The molecule has 1 amide bonds. The smallest absolute Gasteiger partial charge is 0.242 e. The Kier molecular flexibility index (Phi) is 6.44. The first kappa shape index (κ1) is 18.5. The molecular weight excluding hydrogens is 322 g/mol. The average Bonchev–Trinajstić information content (AvgIpc) is 2.82. The van der Waals surface area contributed by atoms with Crippen LogP contribution in [-0.4, -0.2) is 15.7 Å². The van der Waals surface area contributed by atoms with Gasteiger partial charge in [0.2, 0.25) is 5.91 Å². The van der Waals surface area contributed by atoms with Gasteiger partial charge in [-0.2, -0.15) is 5.10 Å². The largest absolute Gasteiger partial charge is 0.347 e. The van der Waals surface area contributed by atoms with E-state index in [-0.39, 0.29) is 18.5 Å². The fourth-order valence-corrected chi connectivity index (χ4v) is 3.21. The summed E-state index contributed by atoms with van der Waals surface area (Å²) in [7, 11) is 0. The van der Waals surface area contributed by atoms with Crippen LogP contribution in [0.15, 0.2) is 30.3 Å². The van der Waals surface area contributed by atoms with E-state index in [0.29, 0.717) is 10.9 Å². The number of aryl methyl sites for hydroxylation is 1. The highest BCUT2D eigenvalue weighted by Crippen LogP contribution is 2.27. The second kappa shape index (κ2) is 8.34. The molecule has 0 aliphatic heterocycles. The van der Waals surface area contributed by atoms with Gasteiger partial charge in [-0.05, 0) is 25.3 Å². The van der Waals surface area contributed by atoms with E-state index < -0.39 is 0 Å². The van der Waals surface area contributed by atoms with E-state index in [9.17, 15) is 4.79 Å². The number of carbonyl (C=O) groups is 1. The molecule has 0 fully saturated rings. The van der Waals surface area contributed by atoms with Crippen molar-refractivity contribution >= 4 is 17.5 Å². The molecule has 1 heterocycles. The van der Waals surface area contributed by atoms with Crippen molar-refractivity contribution < 1.29 is 4.79 Å². The Labute approximate surface area is 149 Å². The fraction of sp³-hybridized carbons (Fsp3) is 0.474. The van der Waals surface area contributed by atoms with Gasteiger partial charge in [0.05, 0.1) is 22.5 Å². The minimum Gasteiger partial charge on any atom is -0.347 e. The van der Waals surface area contributed by atoms with Crippen molar-refractivity contribution in [3.8, 4) is 0 Å². The summed E-state index contributed by atoms with van der Waals surface area (Å²) in [5, 5.41) is 8.16. The highest BCUT2D eigenvalue weighted by molar-refractivity contribution is 6.31. The van der Waals surface area contributed by atoms with Crippen molar-refractivity contribution in [3.05, 3.63) is 52.3 Å². The highest BCUT2D eigenvalue weighted by atomic mass is 35.5. The lowest BCUT2D eigenvalue weighted by Crippen LogP contribution is -2.35. The molecule has 130 valence electrons. The number of nitrogens with one attached hydrogen (secondary N) is 1. The van der Waals surface area contributed by atoms with Crippen LogP contribution in [0.3, 0.4) is 0 Å². The summed E-state index contributed by atoms with van der Waals surface area (Å²) in [6.45, 7) is 8.24. The predicted octanol–water partition coefficient (Wildman–Crippen LogP) is 4.45. The molecule has 2 rings (SSSR count). The Morgan fingerprint density at radius 2 is 1.83 bits per heavy atom. The Hall–Kier alpha value is -1.81. The van der Waals surface area contributed by atoms with E-state index >= 15 is 0 Å². The normalized spacial score (nSPS) is 12.4. The minimum absolute atomic E-state index is 0.0149. The summed E-state index contributed by atoms with van der Waals surface area (Å²) in [6.07, 6.45) is 2.03. The average molecular weight is 348 g/mol. The van der Waals surface area contributed by atoms with Crippen LogP contribution in [0.1, 0.15) is 49.7 Å². The van der Waals surface area contributed by atoms with Gasteiger partial charge in [0.1, 0.15) is 6.54 Å². The third-order valence-electron chi connectivity index (χ3n) is 4.58. The Bertz CT molecular complexity index is 677. The van der Waals surface area contributed by atoms with E-state index in [1.807, 2.05) is 32.0 Å². The van der Waals surface area contributed by atoms with Gasteiger partial charge in [-0.3, -0.25) is 9.48 Å². The number of hydrogen-bond donors (Lipinski definition) is 1. The molecule has 0 saturated carbocycles. The maximum atomic E-state index is 12.6. The van der Waals surface area contributed by atoms with Crippen LogP contribution < -0.4 is 5.32 Å². The van der Waals surface area contributed by atoms with Crippen molar-refractivity contribution in [2.45, 2.75) is 53.1 Å². The van der Waals surface area contributed by atoms with Crippen molar-refractivity contribution in [2.24, 2.45) is 5.92 Å². The number of nitrogens with zero attached hydrogens (tertiary/aromatic N) is 2. The zero-order chi connectivity index (χ0) is 17.7. The van der Waals surface area contributed by atoms with Crippen LogP contribution in [0.25, 0.3) is 0 Å². The van der Waals surface area contributed by atoms with Gasteiger partial charge in [-0.1, -0.05) is 68.6 Å². The molecule has 0 saturated heterocycles. The van der Waals surface area contributed by atoms with Crippen molar-refractivity contribution in [1.82, 2.24) is 15.1 Å². The quantitative estimate of drug-likeness (QED) is 0.804. The molecule has 1 unspecified atom stereocenters. The summed E-state index contributed by atoms with van der Waals surface area (Å²) < 4.78 is 1.67. The molecule has 0 aliphatic carbocycles. The van der Waals surface area contributed by atoms with Crippen LogP contribution in [0.5, 0.6) is 0 Å². The number of benzene rings is 1. The van der Waals surface area contributed by atoms with Gasteiger partial charge in [0.25, 0.3) is 0 Å².